The molecule has 0 aliphatic carbocycles. The lowest BCUT2D eigenvalue weighted by Gasteiger charge is -2.31. The molecule has 30 heavy (non-hydrogen) atoms. The van der Waals surface area contributed by atoms with Gasteiger partial charge in [-0.25, -0.2) is 9.59 Å². The Morgan fingerprint density at radius 3 is 2.37 bits per heavy atom. The molecule has 0 radical (unpaired) electrons. The first-order chi connectivity index (χ1) is 14.1. The minimum Gasteiger partial charge on any atom is -0.444 e. The van der Waals surface area contributed by atoms with Crippen molar-refractivity contribution < 1.29 is 23.8 Å². The SMILES string of the molecule is COCC(C)(NC(=O)OC(C)(C)C)c1cc(NC(=O)OCc2ccccc2)ccn1. The van der Waals surface area contributed by atoms with Gasteiger partial charge in [0.05, 0.1) is 12.3 Å². The standard InChI is InChI=1S/C22H29N3O5/c1-21(2,3)30-20(27)25-22(4,15-28-5)18-13-17(11-12-23-18)24-19(26)29-14-16-9-7-6-8-10-16/h6-13H,14-15H2,1-5H3,(H,25,27)(H,23,24,26). The number of nitrogens with zero attached hydrogens (tertiary/aromatic N) is 1. The van der Waals surface area contributed by atoms with Gasteiger partial charge in [-0.1, -0.05) is 30.3 Å². The Kier molecular flexibility index (Phi) is 7.77. The fourth-order valence-corrected chi connectivity index (χ4v) is 2.68. The summed E-state index contributed by atoms with van der Waals surface area (Å²) in [5, 5.41) is 5.47. The number of hydrogen-bond acceptors (Lipinski definition) is 6. The molecule has 0 aliphatic rings. The van der Waals surface area contributed by atoms with Crippen molar-refractivity contribution >= 4 is 17.9 Å². The van der Waals surface area contributed by atoms with Gasteiger partial charge in [-0.05, 0) is 45.4 Å². The second-order valence-electron chi connectivity index (χ2n) is 8.01. The molecule has 2 rings (SSSR count). The molecular formula is C22H29N3O5. The summed E-state index contributed by atoms with van der Waals surface area (Å²) in [6.45, 7) is 7.42. The van der Waals surface area contributed by atoms with Gasteiger partial charge >= 0.3 is 12.2 Å². The molecule has 1 aromatic heterocycles. The molecule has 2 N–H and O–H groups in total. The van der Waals surface area contributed by atoms with Crippen LogP contribution in [0.1, 0.15) is 39.0 Å². The van der Waals surface area contributed by atoms with Crippen LogP contribution in [0, 0.1) is 0 Å². The van der Waals surface area contributed by atoms with E-state index >= 15 is 0 Å². The Labute approximate surface area is 176 Å². The average molecular weight is 415 g/mol. The van der Waals surface area contributed by atoms with Gasteiger partial charge in [0.2, 0.25) is 0 Å². The van der Waals surface area contributed by atoms with Crippen molar-refractivity contribution in [3.8, 4) is 0 Å². The highest BCUT2D eigenvalue weighted by atomic mass is 16.6. The van der Waals surface area contributed by atoms with Crippen LogP contribution in [0.5, 0.6) is 0 Å². The summed E-state index contributed by atoms with van der Waals surface area (Å²) in [5.74, 6) is 0. The van der Waals surface area contributed by atoms with E-state index in [-0.39, 0.29) is 13.2 Å². The third-order valence-corrected chi connectivity index (χ3v) is 3.99. The number of ether oxygens (including phenoxy) is 3. The van der Waals surface area contributed by atoms with Gasteiger partial charge in [-0.3, -0.25) is 10.3 Å². The summed E-state index contributed by atoms with van der Waals surface area (Å²) in [7, 11) is 1.53. The smallest absolute Gasteiger partial charge is 0.411 e. The van der Waals surface area contributed by atoms with Crippen molar-refractivity contribution in [2.45, 2.75) is 45.4 Å². The molecule has 1 unspecified atom stereocenters. The molecule has 0 spiro atoms. The summed E-state index contributed by atoms with van der Waals surface area (Å²) in [6, 6.07) is 12.7. The van der Waals surface area contributed by atoms with Crippen LogP contribution in [0.3, 0.4) is 0 Å². The van der Waals surface area contributed by atoms with Crippen LogP contribution >= 0.6 is 0 Å². The third kappa shape index (κ3) is 7.36. The summed E-state index contributed by atoms with van der Waals surface area (Å²) in [6.07, 6.45) is 0.348. The van der Waals surface area contributed by atoms with Gasteiger partial charge in [-0.2, -0.15) is 0 Å². The zero-order valence-corrected chi connectivity index (χ0v) is 18.0. The van der Waals surface area contributed by atoms with Crippen LogP contribution in [0.4, 0.5) is 15.3 Å². The Morgan fingerprint density at radius 1 is 1.03 bits per heavy atom. The van der Waals surface area contributed by atoms with E-state index in [0.717, 1.165) is 5.56 Å². The maximum atomic E-state index is 12.3. The maximum absolute atomic E-state index is 12.3. The highest BCUT2D eigenvalue weighted by molar-refractivity contribution is 5.84. The van der Waals surface area contributed by atoms with E-state index in [4.69, 9.17) is 14.2 Å². The molecule has 0 aliphatic heterocycles. The van der Waals surface area contributed by atoms with Gasteiger partial charge in [0, 0.05) is 19.0 Å². The number of benzene rings is 1. The van der Waals surface area contributed by atoms with Crippen LogP contribution < -0.4 is 10.6 Å². The van der Waals surface area contributed by atoms with E-state index in [1.807, 2.05) is 30.3 Å². The normalized spacial score (nSPS) is 13.1. The minimum atomic E-state index is -0.970. The predicted molar refractivity (Wildman–Crippen MR) is 113 cm³/mol. The van der Waals surface area contributed by atoms with Crippen LogP contribution in [0.15, 0.2) is 48.7 Å². The number of amides is 2. The lowest BCUT2D eigenvalue weighted by atomic mass is 9.98. The van der Waals surface area contributed by atoms with E-state index in [0.29, 0.717) is 11.4 Å². The molecule has 1 heterocycles. The number of carbonyl (C=O) groups excluding carboxylic acids is 2. The second-order valence-corrected chi connectivity index (χ2v) is 8.01. The van der Waals surface area contributed by atoms with Gasteiger partial charge in [0.15, 0.2) is 0 Å². The quantitative estimate of drug-likeness (QED) is 0.703. The molecular weight excluding hydrogens is 386 g/mol. The summed E-state index contributed by atoms with van der Waals surface area (Å²) in [5.41, 5.74) is 0.250. The van der Waals surface area contributed by atoms with Crippen molar-refractivity contribution in [1.82, 2.24) is 10.3 Å². The molecule has 1 atom stereocenters. The fraction of sp³-hybridized carbons (Fsp3) is 0.409. The Balaban J connectivity index is 2.08. The Bertz CT molecular complexity index is 851. The first-order valence-electron chi connectivity index (χ1n) is 9.56. The van der Waals surface area contributed by atoms with Gasteiger partial charge < -0.3 is 19.5 Å². The number of pyridine rings is 1. The fourth-order valence-electron chi connectivity index (χ4n) is 2.68. The second kappa shape index (κ2) is 10.1. The lowest BCUT2D eigenvalue weighted by molar-refractivity contribution is 0.0370. The molecule has 8 heteroatoms. The van der Waals surface area contributed by atoms with Crippen molar-refractivity contribution in [2.24, 2.45) is 0 Å². The zero-order valence-electron chi connectivity index (χ0n) is 18.0. The molecule has 0 saturated heterocycles. The first-order valence-corrected chi connectivity index (χ1v) is 9.56. The summed E-state index contributed by atoms with van der Waals surface area (Å²) in [4.78, 5) is 28.8. The van der Waals surface area contributed by atoms with Crippen LogP contribution in [0.2, 0.25) is 0 Å². The lowest BCUT2D eigenvalue weighted by Crippen LogP contribution is -2.49. The van der Waals surface area contributed by atoms with Crippen LogP contribution in [0.25, 0.3) is 0 Å². The molecule has 1 aromatic carbocycles. The highest BCUT2D eigenvalue weighted by Crippen LogP contribution is 2.23. The predicted octanol–water partition coefficient (Wildman–Crippen LogP) is 4.22. The van der Waals surface area contributed by atoms with E-state index in [9.17, 15) is 9.59 Å². The average Bonchev–Trinajstić information content (AvgIpc) is 2.66. The zero-order chi connectivity index (χ0) is 22.2. The minimum absolute atomic E-state index is 0.154. The number of methoxy groups -OCH3 is 1. The molecule has 0 bridgehead atoms. The topological polar surface area (TPSA) is 98.8 Å². The van der Waals surface area contributed by atoms with Crippen LogP contribution in [-0.4, -0.2) is 36.5 Å². The third-order valence-electron chi connectivity index (χ3n) is 3.99. The molecule has 162 valence electrons. The van der Waals surface area contributed by atoms with Crippen molar-refractivity contribution in [3.05, 3.63) is 59.9 Å². The van der Waals surface area contributed by atoms with Crippen LogP contribution in [-0.2, 0) is 26.4 Å². The van der Waals surface area contributed by atoms with E-state index in [1.165, 1.54) is 13.3 Å². The number of carbonyl (C=O) groups is 2. The van der Waals surface area contributed by atoms with E-state index in [1.54, 1.807) is 39.8 Å². The summed E-state index contributed by atoms with van der Waals surface area (Å²) < 4.78 is 15.9. The molecule has 2 amide bonds. The van der Waals surface area contributed by atoms with E-state index in [2.05, 4.69) is 15.6 Å². The number of rotatable bonds is 7. The molecule has 2 aromatic rings. The van der Waals surface area contributed by atoms with Crippen molar-refractivity contribution in [3.63, 3.8) is 0 Å². The van der Waals surface area contributed by atoms with Gasteiger partial charge in [0.25, 0.3) is 0 Å². The Morgan fingerprint density at radius 2 is 1.73 bits per heavy atom. The van der Waals surface area contributed by atoms with E-state index < -0.39 is 23.3 Å². The van der Waals surface area contributed by atoms with Gasteiger partial charge in [-0.15, -0.1) is 0 Å². The maximum Gasteiger partial charge on any atom is 0.411 e. The largest absolute Gasteiger partial charge is 0.444 e. The summed E-state index contributed by atoms with van der Waals surface area (Å²) >= 11 is 0. The number of alkyl carbamates (subject to hydrolysis) is 1. The molecule has 0 saturated carbocycles. The molecule has 8 nitrogen and oxygen atoms in total. The Hall–Kier alpha value is -3.13. The number of aromatic nitrogens is 1. The monoisotopic (exact) mass is 415 g/mol. The molecule has 0 fully saturated rings. The van der Waals surface area contributed by atoms with Crippen molar-refractivity contribution in [2.75, 3.05) is 19.0 Å². The number of anilines is 1. The highest BCUT2D eigenvalue weighted by Gasteiger charge is 2.32. The number of hydrogen-bond donors (Lipinski definition) is 2. The van der Waals surface area contributed by atoms with Gasteiger partial charge in [0.1, 0.15) is 17.7 Å². The first kappa shape index (κ1) is 23.2. The number of nitrogens with one attached hydrogen (secondary N) is 2. The van der Waals surface area contributed by atoms with Crippen molar-refractivity contribution in [1.29, 1.82) is 0 Å².